The predicted molar refractivity (Wildman–Crippen MR) is 85.4 cm³/mol. The molecule has 1 heterocycles. The van der Waals surface area contributed by atoms with E-state index in [1.807, 2.05) is 18.2 Å². The van der Waals surface area contributed by atoms with Gasteiger partial charge in [0.2, 0.25) is 0 Å². The summed E-state index contributed by atoms with van der Waals surface area (Å²) in [5.74, 6) is 1.63. The van der Waals surface area contributed by atoms with Crippen LogP contribution >= 0.6 is 11.6 Å². The summed E-state index contributed by atoms with van der Waals surface area (Å²) in [4.78, 5) is 4.72. The molecule has 0 unspecified atom stereocenters. The van der Waals surface area contributed by atoms with Gasteiger partial charge in [-0.15, -0.1) is 11.6 Å². The second-order valence-electron chi connectivity index (χ2n) is 6.08. The Kier molecular flexibility index (Phi) is 3.91. The lowest BCUT2D eigenvalue weighted by Crippen LogP contribution is -2.34. The fraction of sp³-hybridized carbons (Fsp3) is 0.529. The lowest BCUT2D eigenvalue weighted by molar-refractivity contribution is 0.101. The van der Waals surface area contributed by atoms with Crippen LogP contribution in [-0.4, -0.2) is 15.4 Å². The van der Waals surface area contributed by atoms with Crippen molar-refractivity contribution in [3.63, 3.8) is 0 Å². The molecule has 1 aromatic carbocycles. The minimum Gasteiger partial charge on any atom is -0.327 e. The molecule has 1 aliphatic carbocycles. The minimum absolute atomic E-state index is 0.414. The summed E-state index contributed by atoms with van der Waals surface area (Å²) in [6.07, 6.45) is 5.89. The number of halogens is 1. The largest absolute Gasteiger partial charge is 0.327 e. The first kappa shape index (κ1) is 14.4. The molecular weight excluding hydrogens is 282 g/mol. The van der Waals surface area contributed by atoms with Gasteiger partial charge in [0.1, 0.15) is 5.82 Å². The molecule has 2 aromatic rings. The molecule has 1 aromatic heterocycles. The van der Waals surface area contributed by atoms with E-state index in [2.05, 4.69) is 17.6 Å². The highest BCUT2D eigenvalue weighted by Gasteiger charge is 2.36. The number of nitriles is 1. The number of alkyl halides is 1. The van der Waals surface area contributed by atoms with Gasteiger partial charge in [-0.05, 0) is 42.9 Å². The summed E-state index contributed by atoms with van der Waals surface area (Å²) in [5.41, 5.74) is 3.16. The Morgan fingerprint density at radius 2 is 2.24 bits per heavy atom. The van der Waals surface area contributed by atoms with Crippen LogP contribution in [-0.2, 0) is 13.0 Å². The fourth-order valence-electron chi connectivity index (χ4n) is 3.33. The maximum atomic E-state index is 9.13. The van der Waals surface area contributed by atoms with Crippen LogP contribution in [0.4, 0.5) is 0 Å². The molecule has 0 radical (unpaired) electrons. The van der Waals surface area contributed by atoms with Crippen LogP contribution in [0, 0.1) is 16.7 Å². The average molecular weight is 302 g/mol. The molecule has 3 nitrogen and oxygen atoms in total. The van der Waals surface area contributed by atoms with Crippen LogP contribution in [0.1, 0.15) is 44.0 Å². The van der Waals surface area contributed by atoms with Crippen LogP contribution < -0.4 is 0 Å². The van der Waals surface area contributed by atoms with Gasteiger partial charge in [-0.1, -0.05) is 13.3 Å². The van der Waals surface area contributed by atoms with E-state index in [1.54, 1.807) is 0 Å². The molecule has 0 bridgehead atoms. The van der Waals surface area contributed by atoms with Crippen LogP contribution in [0.5, 0.6) is 0 Å². The normalized spacial score (nSPS) is 16.6. The van der Waals surface area contributed by atoms with Crippen LogP contribution in [0.25, 0.3) is 11.0 Å². The Balaban J connectivity index is 2.08. The Hall–Kier alpha value is -1.53. The molecule has 110 valence electrons. The van der Waals surface area contributed by atoms with Crippen molar-refractivity contribution in [2.75, 3.05) is 5.88 Å². The molecule has 21 heavy (non-hydrogen) atoms. The summed E-state index contributed by atoms with van der Waals surface area (Å²) in [7, 11) is 0. The van der Waals surface area contributed by atoms with E-state index >= 15 is 0 Å². The predicted octanol–water partition coefficient (Wildman–Crippen LogP) is 4.27. The lowest BCUT2D eigenvalue weighted by atomic mass is 9.67. The Morgan fingerprint density at radius 3 is 2.81 bits per heavy atom. The van der Waals surface area contributed by atoms with Crippen LogP contribution in [0.15, 0.2) is 18.2 Å². The highest BCUT2D eigenvalue weighted by molar-refractivity contribution is 6.17. The van der Waals surface area contributed by atoms with Gasteiger partial charge in [0, 0.05) is 18.8 Å². The highest BCUT2D eigenvalue weighted by Crippen LogP contribution is 2.45. The maximum Gasteiger partial charge on any atom is 0.111 e. The summed E-state index contributed by atoms with van der Waals surface area (Å²) >= 11 is 5.94. The van der Waals surface area contributed by atoms with E-state index in [1.165, 1.54) is 25.7 Å². The SMILES string of the molecule is CCC1(Cn2c(CCCl)nc3ccc(C#N)cc32)CCC1. The molecule has 0 N–H and O–H groups in total. The number of aryl methyl sites for hydroxylation is 1. The van der Waals surface area contributed by atoms with Crippen molar-refractivity contribution in [2.24, 2.45) is 5.41 Å². The molecule has 1 aliphatic rings. The zero-order valence-corrected chi connectivity index (χ0v) is 13.2. The van der Waals surface area contributed by atoms with Crippen LogP contribution in [0.2, 0.25) is 0 Å². The third kappa shape index (κ3) is 2.53. The lowest BCUT2D eigenvalue weighted by Gasteiger charge is -2.42. The first-order valence-electron chi connectivity index (χ1n) is 7.66. The fourth-order valence-corrected chi connectivity index (χ4v) is 3.50. The number of hydrogen-bond acceptors (Lipinski definition) is 2. The van der Waals surface area contributed by atoms with Crippen molar-refractivity contribution in [2.45, 2.75) is 45.6 Å². The molecule has 0 atom stereocenters. The molecule has 0 saturated heterocycles. The van der Waals surface area contributed by atoms with Gasteiger partial charge in [-0.3, -0.25) is 0 Å². The monoisotopic (exact) mass is 301 g/mol. The summed E-state index contributed by atoms with van der Waals surface area (Å²) in [5, 5.41) is 9.13. The Labute approximate surface area is 130 Å². The standard InChI is InChI=1S/C17H20ClN3/c1-2-17(7-3-8-17)12-21-15-10-13(11-19)4-5-14(15)20-16(21)6-9-18/h4-5,10H,2-3,6-9,12H2,1H3. The number of aromatic nitrogens is 2. The first-order chi connectivity index (χ1) is 10.2. The van der Waals surface area contributed by atoms with Crippen molar-refractivity contribution >= 4 is 22.6 Å². The first-order valence-corrected chi connectivity index (χ1v) is 8.20. The van der Waals surface area contributed by atoms with Gasteiger partial charge >= 0.3 is 0 Å². The third-order valence-corrected chi connectivity index (χ3v) is 5.12. The van der Waals surface area contributed by atoms with E-state index in [-0.39, 0.29) is 0 Å². The van der Waals surface area contributed by atoms with Gasteiger partial charge in [-0.2, -0.15) is 5.26 Å². The van der Waals surface area contributed by atoms with Gasteiger partial charge in [0.05, 0.1) is 22.7 Å². The van der Waals surface area contributed by atoms with E-state index in [0.29, 0.717) is 16.9 Å². The molecule has 0 aliphatic heterocycles. The van der Waals surface area contributed by atoms with Crippen molar-refractivity contribution in [1.29, 1.82) is 5.26 Å². The average Bonchev–Trinajstić information content (AvgIpc) is 2.80. The van der Waals surface area contributed by atoms with E-state index in [4.69, 9.17) is 21.8 Å². The maximum absolute atomic E-state index is 9.13. The van der Waals surface area contributed by atoms with Gasteiger partial charge < -0.3 is 4.57 Å². The van der Waals surface area contributed by atoms with Crippen molar-refractivity contribution < 1.29 is 0 Å². The van der Waals surface area contributed by atoms with E-state index in [9.17, 15) is 0 Å². The number of nitrogens with zero attached hydrogens (tertiary/aromatic N) is 3. The van der Waals surface area contributed by atoms with Crippen molar-refractivity contribution in [1.82, 2.24) is 9.55 Å². The molecular formula is C17H20ClN3. The number of benzene rings is 1. The van der Waals surface area contributed by atoms with Gasteiger partial charge in [0.25, 0.3) is 0 Å². The van der Waals surface area contributed by atoms with E-state index < -0.39 is 0 Å². The molecule has 1 saturated carbocycles. The summed E-state index contributed by atoms with van der Waals surface area (Å²) in [6, 6.07) is 7.97. The van der Waals surface area contributed by atoms with Gasteiger partial charge in [0.15, 0.2) is 0 Å². The number of hydrogen-bond donors (Lipinski definition) is 0. The number of rotatable bonds is 5. The Bertz CT molecular complexity index is 686. The molecule has 0 amide bonds. The van der Waals surface area contributed by atoms with Crippen molar-refractivity contribution in [3.05, 3.63) is 29.6 Å². The zero-order valence-electron chi connectivity index (χ0n) is 12.4. The third-order valence-electron chi connectivity index (χ3n) is 4.93. The smallest absolute Gasteiger partial charge is 0.111 e. The second kappa shape index (κ2) is 5.69. The van der Waals surface area contributed by atoms with Gasteiger partial charge in [-0.25, -0.2) is 4.98 Å². The topological polar surface area (TPSA) is 41.6 Å². The summed E-state index contributed by atoms with van der Waals surface area (Å²) in [6.45, 7) is 3.28. The number of fused-ring (bicyclic) bond motifs is 1. The van der Waals surface area contributed by atoms with Crippen molar-refractivity contribution in [3.8, 4) is 6.07 Å². The van der Waals surface area contributed by atoms with E-state index in [0.717, 1.165) is 29.8 Å². The zero-order chi connectivity index (χ0) is 14.9. The Morgan fingerprint density at radius 1 is 1.43 bits per heavy atom. The molecule has 0 spiro atoms. The minimum atomic E-state index is 0.414. The second-order valence-corrected chi connectivity index (χ2v) is 6.45. The quantitative estimate of drug-likeness (QED) is 0.774. The van der Waals surface area contributed by atoms with Crippen LogP contribution in [0.3, 0.4) is 0 Å². The molecule has 4 heteroatoms. The molecule has 3 rings (SSSR count). The molecule has 1 fully saturated rings. The number of imidazole rings is 1. The summed E-state index contributed by atoms with van der Waals surface area (Å²) < 4.78 is 2.31. The highest BCUT2D eigenvalue weighted by atomic mass is 35.5.